The normalized spacial score (nSPS) is 17.7. The van der Waals surface area contributed by atoms with Crippen LogP contribution in [-0.2, 0) is 12.8 Å². The number of benzene rings is 2. The zero-order chi connectivity index (χ0) is 24.4. The quantitative estimate of drug-likeness (QED) is 0.374. The monoisotopic (exact) mass is 512 g/mol. The lowest BCUT2D eigenvalue weighted by Crippen LogP contribution is -2.56. The van der Waals surface area contributed by atoms with Crippen LogP contribution in [-0.4, -0.2) is 48.1 Å². The standard InChI is InChI=1S/C28H34Cl2N4O/c1-2-7-26(34-16-14-33(15-17-34)25-11-6-9-22(29)27(25)30)32-28(35)19-12-13-24-21(18-19)20-8-4-3-5-10-23(20)31-24/h6,9,11-13,18,26,31H,2-5,7-8,10,14-17H2,1H3,(H,32,35). The molecule has 0 radical (unpaired) electrons. The zero-order valence-electron chi connectivity index (χ0n) is 20.4. The van der Waals surface area contributed by atoms with Crippen LogP contribution in [0.5, 0.6) is 0 Å². The molecule has 35 heavy (non-hydrogen) atoms. The lowest BCUT2D eigenvalue weighted by molar-refractivity contribution is 0.0824. The van der Waals surface area contributed by atoms with Gasteiger partial charge < -0.3 is 15.2 Å². The van der Waals surface area contributed by atoms with E-state index in [4.69, 9.17) is 23.2 Å². The van der Waals surface area contributed by atoms with E-state index in [1.165, 1.54) is 35.9 Å². The second kappa shape index (κ2) is 10.8. The van der Waals surface area contributed by atoms with Crippen LogP contribution in [0.15, 0.2) is 36.4 Å². The molecule has 1 unspecified atom stereocenters. The molecule has 0 bridgehead atoms. The molecule has 0 spiro atoms. The Bertz CT molecular complexity index is 1200. The number of aryl methyl sites for hydroxylation is 2. The lowest BCUT2D eigenvalue weighted by Gasteiger charge is -2.40. The molecular formula is C28H34Cl2N4O. The first kappa shape index (κ1) is 24.5. The van der Waals surface area contributed by atoms with Crippen molar-refractivity contribution in [3.8, 4) is 0 Å². The van der Waals surface area contributed by atoms with Gasteiger partial charge in [-0.05, 0) is 68.0 Å². The SMILES string of the molecule is CCCC(NC(=O)c1ccc2[nH]c3c(c2c1)CCCCC3)N1CCN(c2cccc(Cl)c2Cl)CC1. The molecule has 1 amide bonds. The van der Waals surface area contributed by atoms with Gasteiger partial charge in [0.15, 0.2) is 0 Å². The minimum absolute atomic E-state index is 0.00855. The van der Waals surface area contributed by atoms with Crippen molar-refractivity contribution in [1.82, 2.24) is 15.2 Å². The molecule has 1 aromatic heterocycles. The molecule has 0 saturated carbocycles. The maximum atomic E-state index is 13.4. The van der Waals surface area contributed by atoms with Crippen molar-refractivity contribution < 1.29 is 4.79 Å². The molecule has 5 rings (SSSR count). The van der Waals surface area contributed by atoms with Gasteiger partial charge in [-0.2, -0.15) is 0 Å². The maximum Gasteiger partial charge on any atom is 0.252 e. The molecule has 2 N–H and O–H groups in total. The highest BCUT2D eigenvalue weighted by atomic mass is 35.5. The Morgan fingerprint density at radius 3 is 2.66 bits per heavy atom. The molecule has 1 atom stereocenters. The van der Waals surface area contributed by atoms with Gasteiger partial charge in [0.25, 0.3) is 5.91 Å². The van der Waals surface area contributed by atoms with Gasteiger partial charge in [0.1, 0.15) is 0 Å². The van der Waals surface area contributed by atoms with Gasteiger partial charge in [0, 0.05) is 48.3 Å². The summed E-state index contributed by atoms with van der Waals surface area (Å²) in [5, 5.41) is 5.75. The molecule has 5 nitrogen and oxygen atoms in total. The van der Waals surface area contributed by atoms with E-state index >= 15 is 0 Å². The average Bonchev–Trinajstić information content (AvgIpc) is 3.05. The molecule has 1 saturated heterocycles. The van der Waals surface area contributed by atoms with E-state index in [0.717, 1.165) is 68.6 Å². The third-order valence-corrected chi connectivity index (χ3v) is 8.31. The van der Waals surface area contributed by atoms with Gasteiger partial charge >= 0.3 is 0 Å². The third kappa shape index (κ3) is 5.18. The number of amides is 1. The second-order valence-electron chi connectivity index (χ2n) is 9.78. The average molecular weight is 514 g/mol. The highest BCUT2D eigenvalue weighted by molar-refractivity contribution is 6.43. The number of piperazine rings is 1. The second-order valence-corrected chi connectivity index (χ2v) is 10.6. The Labute approximate surface area is 217 Å². The minimum Gasteiger partial charge on any atom is -0.368 e. The van der Waals surface area contributed by atoms with Gasteiger partial charge in [0.05, 0.1) is 21.9 Å². The molecule has 1 fully saturated rings. The van der Waals surface area contributed by atoms with Gasteiger partial charge in [-0.3, -0.25) is 9.69 Å². The number of hydrogen-bond acceptors (Lipinski definition) is 3. The topological polar surface area (TPSA) is 51.4 Å². The molecule has 1 aliphatic carbocycles. The van der Waals surface area contributed by atoms with Crippen LogP contribution >= 0.6 is 23.2 Å². The summed E-state index contributed by atoms with van der Waals surface area (Å²) in [4.78, 5) is 21.6. The van der Waals surface area contributed by atoms with Crippen molar-refractivity contribution in [1.29, 1.82) is 0 Å². The van der Waals surface area contributed by atoms with Crippen molar-refractivity contribution >= 4 is 45.7 Å². The van der Waals surface area contributed by atoms with Crippen LogP contribution in [0.4, 0.5) is 5.69 Å². The first-order valence-corrected chi connectivity index (χ1v) is 13.7. The fourth-order valence-corrected chi connectivity index (χ4v) is 6.00. The van der Waals surface area contributed by atoms with E-state index in [2.05, 4.69) is 39.2 Å². The molecule has 2 heterocycles. The number of carbonyl (C=O) groups is 1. The van der Waals surface area contributed by atoms with Crippen LogP contribution in [0.3, 0.4) is 0 Å². The fourth-order valence-electron chi connectivity index (χ4n) is 5.59. The molecular weight excluding hydrogens is 479 g/mol. The summed E-state index contributed by atoms with van der Waals surface area (Å²) in [6, 6.07) is 11.9. The lowest BCUT2D eigenvalue weighted by atomic mass is 10.0. The predicted molar refractivity (Wildman–Crippen MR) is 146 cm³/mol. The summed E-state index contributed by atoms with van der Waals surface area (Å²) in [6.45, 7) is 5.58. The number of fused-ring (bicyclic) bond motifs is 3. The summed E-state index contributed by atoms with van der Waals surface area (Å²) in [6.07, 6.45) is 7.89. The predicted octanol–water partition coefficient (Wildman–Crippen LogP) is 6.42. The van der Waals surface area contributed by atoms with Crippen molar-refractivity contribution in [3.63, 3.8) is 0 Å². The first-order valence-electron chi connectivity index (χ1n) is 12.9. The summed E-state index contributed by atoms with van der Waals surface area (Å²) in [5.74, 6) is 0.00855. The van der Waals surface area contributed by atoms with E-state index in [1.54, 1.807) is 0 Å². The van der Waals surface area contributed by atoms with Crippen molar-refractivity contribution in [2.45, 2.75) is 58.0 Å². The van der Waals surface area contributed by atoms with Gasteiger partial charge in [-0.1, -0.05) is 49.0 Å². The summed E-state index contributed by atoms with van der Waals surface area (Å²) < 4.78 is 0. The highest BCUT2D eigenvalue weighted by Crippen LogP contribution is 2.33. The minimum atomic E-state index is 0.00855. The van der Waals surface area contributed by atoms with Crippen LogP contribution in [0.2, 0.25) is 10.0 Å². The van der Waals surface area contributed by atoms with Gasteiger partial charge in [-0.15, -0.1) is 0 Å². The van der Waals surface area contributed by atoms with E-state index in [1.807, 2.05) is 24.3 Å². The number of carbonyl (C=O) groups excluding carboxylic acids is 1. The number of anilines is 1. The van der Waals surface area contributed by atoms with Gasteiger partial charge in [-0.25, -0.2) is 0 Å². The van der Waals surface area contributed by atoms with E-state index < -0.39 is 0 Å². The first-order chi connectivity index (χ1) is 17.0. The Balaban J connectivity index is 1.28. The smallest absolute Gasteiger partial charge is 0.252 e. The fraction of sp³-hybridized carbons (Fsp3) is 0.464. The molecule has 3 aromatic rings. The van der Waals surface area contributed by atoms with Crippen molar-refractivity contribution in [2.24, 2.45) is 0 Å². The number of H-pyrrole nitrogens is 1. The van der Waals surface area contributed by atoms with Crippen LogP contribution in [0, 0.1) is 0 Å². The van der Waals surface area contributed by atoms with E-state index in [0.29, 0.717) is 10.0 Å². The number of aromatic nitrogens is 1. The van der Waals surface area contributed by atoms with Crippen LogP contribution < -0.4 is 10.2 Å². The third-order valence-electron chi connectivity index (χ3n) is 7.50. The number of aromatic amines is 1. The molecule has 1 aliphatic heterocycles. The van der Waals surface area contributed by atoms with Crippen molar-refractivity contribution in [2.75, 3.05) is 31.1 Å². The Morgan fingerprint density at radius 2 is 1.86 bits per heavy atom. The number of nitrogens with zero attached hydrogens (tertiary/aromatic N) is 2. The molecule has 186 valence electrons. The van der Waals surface area contributed by atoms with Crippen molar-refractivity contribution in [3.05, 3.63) is 63.3 Å². The summed E-state index contributed by atoms with van der Waals surface area (Å²) >= 11 is 12.7. The number of rotatable bonds is 6. The number of hydrogen-bond donors (Lipinski definition) is 2. The molecule has 7 heteroatoms. The van der Waals surface area contributed by atoms with Crippen LogP contribution in [0.1, 0.15) is 60.6 Å². The number of halogens is 2. The Kier molecular flexibility index (Phi) is 7.56. The summed E-state index contributed by atoms with van der Waals surface area (Å²) in [5.41, 5.74) is 5.64. The maximum absolute atomic E-state index is 13.4. The van der Waals surface area contributed by atoms with Crippen LogP contribution in [0.25, 0.3) is 10.9 Å². The van der Waals surface area contributed by atoms with E-state index in [9.17, 15) is 4.79 Å². The van der Waals surface area contributed by atoms with E-state index in [-0.39, 0.29) is 12.1 Å². The number of nitrogens with one attached hydrogen (secondary N) is 2. The summed E-state index contributed by atoms with van der Waals surface area (Å²) in [7, 11) is 0. The largest absolute Gasteiger partial charge is 0.368 e. The zero-order valence-corrected chi connectivity index (χ0v) is 21.9. The van der Waals surface area contributed by atoms with Gasteiger partial charge in [0.2, 0.25) is 0 Å². The Hall–Kier alpha value is -2.21. The highest BCUT2D eigenvalue weighted by Gasteiger charge is 2.26. The molecule has 2 aromatic carbocycles. The Morgan fingerprint density at radius 1 is 1.06 bits per heavy atom. The molecule has 2 aliphatic rings.